The first kappa shape index (κ1) is 17.8. The molecule has 0 saturated heterocycles. The molecular formula is C20H27NO4. The fourth-order valence-electron chi connectivity index (χ4n) is 4.01. The highest BCUT2D eigenvalue weighted by molar-refractivity contribution is 5.92. The molecule has 1 aromatic rings. The highest BCUT2D eigenvalue weighted by Crippen LogP contribution is 2.55. The van der Waals surface area contributed by atoms with Gasteiger partial charge in [0, 0.05) is 0 Å². The summed E-state index contributed by atoms with van der Waals surface area (Å²) in [5, 5.41) is 0. The number of esters is 1. The van der Waals surface area contributed by atoms with Crippen molar-refractivity contribution in [2.45, 2.75) is 44.9 Å². The zero-order chi connectivity index (χ0) is 17.9. The first-order chi connectivity index (χ1) is 12.0. The van der Waals surface area contributed by atoms with Gasteiger partial charge in [0.25, 0.3) is 0 Å². The lowest BCUT2D eigenvalue weighted by atomic mass is 9.90. The lowest BCUT2D eigenvalue weighted by Gasteiger charge is -2.21. The van der Waals surface area contributed by atoms with E-state index >= 15 is 0 Å². The van der Waals surface area contributed by atoms with Crippen LogP contribution in [0.2, 0.25) is 0 Å². The zero-order valence-corrected chi connectivity index (χ0v) is 14.8. The lowest BCUT2D eigenvalue weighted by Crippen LogP contribution is -2.28. The molecule has 136 valence electrons. The van der Waals surface area contributed by atoms with E-state index in [-0.39, 0.29) is 5.97 Å². The van der Waals surface area contributed by atoms with E-state index in [4.69, 9.17) is 15.2 Å². The van der Waals surface area contributed by atoms with Crippen LogP contribution in [-0.4, -0.2) is 25.6 Å². The number of hydrogen-bond donors (Lipinski definition) is 1. The highest BCUT2D eigenvalue weighted by Gasteiger charge is 2.63. The number of carbonyl (C=O) groups excluding carboxylic acids is 2. The van der Waals surface area contributed by atoms with Gasteiger partial charge in [0.05, 0.1) is 25.0 Å². The molecule has 0 aromatic heterocycles. The quantitative estimate of drug-likeness (QED) is 0.771. The molecule has 25 heavy (non-hydrogen) atoms. The van der Waals surface area contributed by atoms with Gasteiger partial charge in [-0.05, 0) is 49.3 Å². The molecule has 2 atom stereocenters. The number of primary amides is 1. The Morgan fingerprint density at radius 1 is 1.16 bits per heavy atom. The van der Waals surface area contributed by atoms with Crippen LogP contribution >= 0.6 is 0 Å². The van der Waals surface area contributed by atoms with Gasteiger partial charge in [-0.1, -0.05) is 31.4 Å². The van der Waals surface area contributed by atoms with E-state index in [2.05, 4.69) is 0 Å². The molecule has 2 fully saturated rings. The van der Waals surface area contributed by atoms with Crippen LogP contribution in [0.15, 0.2) is 24.3 Å². The fraction of sp³-hybridized carbons (Fsp3) is 0.600. The number of methoxy groups -OCH3 is 1. The van der Waals surface area contributed by atoms with Gasteiger partial charge in [0.15, 0.2) is 0 Å². The van der Waals surface area contributed by atoms with E-state index in [1.807, 2.05) is 24.3 Å². The Labute approximate surface area is 148 Å². The summed E-state index contributed by atoms with van der Waals surface area (Å²) in [6.45, 7) is 0.773. The number of benzene rings is 1. The van der Waals surface area contributed by atoms with Crippen LogP contribution in [-0.2, 0) is 20.7 Å². The van der Waals surface area contributed by atoms with Crippen molar-refractivity contribution < 1.29 is 19.1 Å². The van der Waals surface area contributed by atoms with E-state index in [1.165, 1.54) is 39.2 Å². The standard InChI is InChI=1S/C20H27NO4/c1-24-19(23)20(12-17(20)18(21)22)11-14-7-9-16(10-8-14)25-13-15-5-3-2-4-6-15/h7-10,15,17H,2-6,11-13H2,1H3,(H2,21,22)/t17-,20+/m1/s1. The molecule has 1 amide bonds. The van der Waals surface area contributed by atoms with E-state index in [0.717, 1.165) is 17.9 Å². The number of rotatable bonds is 7. The first-order valence-corrected chi connectivity index (χ1v) is 9.14. The van der Waals surface area contributed by atoms with Gasteiger partial charge in [-0.3, -0.25) is 9.59 Å². The molecule has 2 saturated carbocycles. The summed E-state index contributed by atoms with van der Waals surface area (Å²) in [7, 11) is 1.35. The Hall–Kier alpha value is -2.04. The van der Waals surface area contributed by atoms with Crippen LogP contribution in [0.5, 0.6) is 5.75 Å². The number of ether oxygens (including phenoxy) is 2. The molecule has 0 heterocycles. The summed E-state index contributed by atoms with van der Waals surface area (Å²) < 4.78 is 10.8. The highest BCUT2D eigenvalue weighted by atomic mass is 16.5. The largest absolute Gasteiger partial charge is 0.493 e. The molecule has 2 aliphatic rings. The van der Waals surface area contributed by atoms with Crippen LogP contribution in [0.3, 0.4) is 0 Å². The summed E-state index contributed by atoms with van der Waals surface area (Å²) in [6, 6.07) is 7.78. The molecule has 5 nitrogen and oxygen atoms in total. The number of carbonyl (C=O) groups is 2. The van der Waals surface area contributed by atoms with Crippen molar-refractivity contribution in [1.29, 1.82) is 0 Å². The Balaban J connectivity index is 1.58. The summed E-state index contributed by atoms with van der Waals surface area (Å²) in [5.41, 5.74) is 5.59. The Kier molecular flexibility index (Phi) is 5.30. The molecular weight excluding hydrogens is 318 g/mol. The summed E-state index contributed by atoms with van der Waals surface area (Å²) in [6.07, 6.45) is 7.42. The molecule has 0 unspecified atom stereocenters. The minimum absolute atomic E-state index is 0.353. The second-order valence-electron chi connectivity index (χ2n) is 7.44. The Morgan fingerprint density at radius 3 is 2.40 bits per heavy atom. The van der Waals surface area contributed by atoms with Crippen LogP contribution in [0.25, 0.3) is 0 Å². The maximum absolute atomic E-state index is 12.1. The molecule has 2 N–H and O–H groups in total. The van der Waals surface area contributed by atoms with Gasteiger partial charge in [0.1, 0.15) is 5.75 Å². The van der Waals surface area contributed by atoms with Crippen molar-refractivity contribution >= 4 is 11.9 Å². The Morgan fingerprint density at radius 2 is 1.84 bits per heavy atom. The molecule has 0 radical (unpaired) electrons. The van der Waals surface area contributed by atoms with Gasteiger partial charge in [0.2, 0.25) is 5.91 Å². The van der Waals surface area contributed by atoms with Gasteiger partial charge < -0.3 is 15.2 Å². The summed E-state index contributed by atoms with van der Waals surface area (Å²) >= 11 is 0. The monoisotopic (exact) mass is 345 g/mol. The third kappa shape index (κ3) is 3.97. The van der Waals surface area contributed by atoms with E-state index in [1.54, 1.807) is 0 Å². The zero-order valence-electron chi connectivity index (χ0n) is 14.8. The van der Waals surface area contributed by atoms with Gasteiger partial charge in [-0.15, -0.1) is 0 Å². The smallest absolute Gasteiger partial charge is 0.312 e. The average molecular weight is 345 g/mol. The summed E-state index contributed by atoms with van der Waals surface area (Å²) in [5.74, 6) is 0.302. The van der Waals surface area contributed by atoms with Crippen molar-refractivity contribution in [2.24, 2.45) is 23.0 Å². The van der Waals surface area contributed by atoms with E-state index in [9.17, 15) is 9.59 Å². The van der Waals surface area contributed by atoms with Gasteiger partial charge >= 0.3 is 5.97 Å². The number of amides is 1. The topological polar surface area (TPSA) is 78.6 Å². The second kappa shape index (κ2) is 7.46. The number of hydrogen-bond acceptors (Lipinski definition) is 4. The predicted octanol–water partition coefficient (Wildman–Crippen LogP) is 2.85. The van der Waals surface area contributed by atoms with E-state index < -0.39 is 17.2 Å². The fourth-order valence-corrected chi connectivity index (χ4v) is 4.01. The van der Waals surface area contributed by atoms with Crippen molar-refractivity contribution in [3.8, 4) is 5.75 Å². The third-order valence-electron chi connectivity index (χ3n) is 5.66. The van der Waals surface area contributed by atoms with Crippen molar-refractivity contribution in [1.82, 2.24) is 0 Å². The number of nitrogens with two attached hydrogens (primary N) is 1. The normalized spacial score (nSPS) is 26.0. The molecule has 0 aliphatic heterocycles. The lowest BCUT2D eigenvalue weighted by molar-refractivity contribution is -0.148. The molecule has 0 bridgehead atoms. The SMILES string of the molecule is COC(=O)[C@@]1(Cc2ccc(OCC3CCCCC3)cc2)C[C@@H]1C(N)=O. The predicted molar refractivity (Wildman–Crippen MR) is 94.0 cm³/mol. The van der Waals surface area contributed by atoms with Crippen molar-refractivity contribution in [3.05, 3.63) is 29.8 Å². The maximum atomic E-state index is 12.1. The minimum Gasteiger partial charge on any atom is -0.493 e. The van der Waals surface area contributed by atoms with Crippen molar-refractivity contribution in [3.63, 3.8) is 0 Å². The van der Waals surface area contributed by atoms with Crippen molar-refractivity contribution in [2.75, 3.05) is 13.7 Å². The van der Waals surface area contributed by atoms with Crippen LogP contribution in [0.4, 0.5) is 0 Å². The van der Waals surface area contributed by atoms with Crippen LogP contribution < -0.4 is 10.5 Å². The molecule has 0 spiro atoms. The van der Waals surface area contributed by atoms with E-state index in [0.29, 0.717) is 18.8 Å². The molecule has 1 aromatic carbocycles. The third-order valence-corrected chi connectivity index (χ3v) is 5.66. The molecule has 3 rings (SSSR count). The minimum atomic E-state index is -0.787. The van der Waals surface area contributed by atoms with Crippen LogP contribution in [0, 0.1) is 17.3 Å². The molecule has 2 aliphatic carbocycles. The van der Waals surface area contributed by atoms with Gasteiger partial charge in [-0.2, -0.15) is 0 Å². The molecule has 5 heteroatoms. The Bertz CT molecular complexity index is 621. The maximum Gasteiger partial charge on any atom is 0.312 e. The summed E-state index contributed by atoms with van der Waals surface area (Å²) in [4.78, 5) is 23.6. The van der Waals surface area contributed by atoms with Crippen LogP contribution in [0.1, 0.15) is 44.1 Å². The second-order valence-corrected chi connectivity index (χ2v) is 7.44. The average Bonchev–Trinajstić information content (AvgIpc) is 3.37. The first-order valence-electron chi connectivity index (χ1n) is 9.14. The van der Waals surface area contributed by atoms with Gasteiger partial charge in [-0.25, -0.2) is 0 Å².